The smallest absolute Gasteiger partial charge is 0.244 e. The molecule has 0 aromatic heterocycles. The van der Waals surface area contributed by atoms with Crippen LogP contribution >= 0.6 is 15.9 Å². The SMILES string of the molecule is CCNCc1ccc(S(=O)(=O)N2CCCC2)c(Br)c1. The van der Waals surface area contributed by atoms with Crippen LogP contribution in [0.15, 0.2) is 27.6 Å². The van der Waals surface area contributed by atoms with Crippen LogP contribution in [0, 0.1) is 0 Å². The summed E-state index contributed by atoms with van der Waals surface area (Å²) in [4.78, 5) is 0.370. The highest BCUT2D eigenvalue weighted by Crippen LogP contribution is 2.28. The first-order chi connectivity index (χ1) is 9.05. The van der Waals surface area contributed by atoms with E-state index in [0.29, 0.717) is 22.5 Å². The minimum atomic E-state index is -3.34. The largest absolute Gasteiger partial charge is 0.313 e. The maximum atomic E-state index is 12.5. The molecule has 1 N–H and O–H groups in total. The molecule has 0 atom stereocenters. The van der Waals surface area contributed by atoms with Crippen LogP contribution in [-0.2, 0) is 16.6 Å². The molecule has 0 amide bonds. The van der Waals surface area contributed by atoms with E-state index in [1.807, 2.05) is 19.1 Å². The van der Waals surface area contributed by atoms with Crippen LogP contribution < -0.4 is 5.32 Å². The molecule has 106 valence electrons. The average Bonchev–Trinajstić information content (AvgIpc) is 2.90. The molecular weight excluding hydrogens is 328 g/mol. The van der Waals surface area contributed by atoms with Crippen molar-refractivity contribution in [3.05, 3.63) is 28.2 Å². The Labute approximate surface area is 123 Å². The molecule has 4 nitrogen and oxygen atoms in total. The third-order valence-electron chi connectivity index (χ3n) is 3.26. The predicted octanol–water partition coefficient (Wildman–Crippen LogP) is 2.34. The lowest BCUT2D eigenvalue weighted by Crippen LogP contribution is -2.28. The minimum absolute atomic E-state index is 0.370. The summed E-state index contributed by atoms with van der Waals surface area (Å²) in [6, 6.07) is 5.45. The van der Waals surface area contributed by atoms with Gasteiger partial charge in [0.15, 0.2) is 0 Å². The first-order valence-corrected chi connectivity index (χ1v) is 8.78. The quantitative estimate of drug-likeness (QED) is 0.890. The molecule has 0 spiro atoms. The van der Waals surface area contributed by atoms with Gasteiger partial charge in [0.25, 0.3) is 0 Å². The van der Waals surface area contributed by atoms with Crippen molar-refractivity contribution in [2.24, 2.45) is 0 Å². The van der Waals surface area contributed by atoms with Gasteiger partial charge in [0.1, 0.15) is 0 Å². The zero-order chi connectivity index (χ0) is 13.9. The predicted molar refractivity (Wildman–Crippen MR) is 79.5 cm³/mol. The van der Waals surface area contributed by atoms with Gasteiger partial charge in [-0.1, -0.05) is 13.0 Å². The first-order valence-electron chi connectivity index (χ1n) is 6.55. The number of hydrogen-bond acceptors (Lipinski definition) is 3. The second kappa shape index (κ2) is 6.35. The third kappa shape index (κ3) is 3.37. The Morgan fingerprint density at radius 3 is 2.58 bits per heavy atom. The van der Waals surface area contributed by atoms with E-state index >= 15 is 0 Å². The molecule has 6 heteroatoms. The molecule has 1 fully saturated rings. The molecule has 1 saturated heterocycles. The zero-order valence-electron chi connectivity index (χ0n) is 11.0. The summed E-state index contributed by atoms with van der Waals surface area (Å²) >= 11 is 3.39. The van der Waals surface area contributed by atoms with Gasteiger partial charge < -0.3 is 5.32 Å². The van der Waals surface area contributed by atoms with Crippen molar-refractivity contribution >= 4 is 26.0 Å². The van der Waals surface area contributed by atoms with Crippen LogP contribution in [0.1, 0.15) is 25.3 Å². The Balaban J connectivity index is 2.25. The lowest BCUT2D eigenvalue weighted by molar-refractivity contribution is 0.477. The fourth-order valence-electron chi connectivity index (χ4n) is 2.20. The van der Waals surface area contributed by atoms with Crippen molar-refractivity contribution in [1.82, 2.24) is 9.62 Å². The van der Waals surface area contributed by atoms with E-state index in [1.54, 1.807) is 10.4 Å². The van der Waals surface area contributed by atoms with E-state index in [0.717, 1.165) is 31.5 Å². The van der Waals surface area contributed by atoms with Crippen molar-refractivity contribution < 1.29 is 8.42 Å². The van der Waals surface area contributed by atoms with Gasteiger partial charge in [0.2, 0.25) is 10.0 Å². The Bertz CT molecular complexity index is 540. The summed E-state index contributed by atoms with van der Waals surface area (Å²) in [6.07, 6.45) is 1.91. The molecule has 1 aliphatic rings. The second-order valence-corrected chi connectivity index (χ2v) is 7.42. The average molecular weight is 347 g/mol. The summed E-state index contributed by atoms with van der Waals surface area (Å²) in [6.45, 7) is 4.95. The molecule has 0 aliphatic carbocycles. The number of sulfonamides is 1. The van der Waals surface area contributed by atoms with E-state index in [4.69, 9.17) is 0 Å². The normalized spacial score (nSPS) is 16.9. The van der Waals surface area contributed by atoms with E-state index in [9.17, 15) is 8.42 Å². The molecule has 0 saturated carbocycles. The van der Waals surface area contributed by atoms with Crippen molar-refractivity contribution in [1.29, 1.82) is 0 Å². The number of benzene rings is 1. The molecule has 1 heterocycles. The molecule has 0 unspecified atom stereocenters. The summed E-state index contributed by atoms with van der Waals surface area (Å²) in [5.74, 6) is 0. The standard InChI is InChI=1S/C13H19BrN2O2S/c1-2-15-10-11-5-6-13(12(14)9-11)19(17,18)16-7-3-4-8-16/h5-6,9,15H,2-4,7-8,10H2,1H3. The topological polar surface area (TPSA) is 49.4 Å². The van der Waals surface area contributed by atoms with Crippen LogP contribution in [0.4, 0.5) is 0 Å². The Morgan fingerprint density at radius 1 is 1.32 bits per heavy atom. The fraction of sp³-hybridized carbons (Fsp3) is 0.538. The number of halogens is 1. The highest BCUT2D eigenvalue weighted by Gasteiger charge is 2.28. The summed E-state index contributed by atoms with van der Waals surface area (Å²) in [5, 5.41) is 3.22. The van der Waals surface area contributed by atoms with E-state index in [1.165, 1.54) is 0 Å². The lowest BCUT2D eigenvalue weighted by atomic mass is 10.2. The highest BCUT2D eigenvalue weighted by molar-refractivity contribution is 9.10. The van der Waals surface area contributed by atoms with Crippen molar-refractivity contribution in [2.75, 3.05) is 19.6 Å². The van der Waals surface area contributed by atoms with Gasteiger partial charge in [0, 0.05) is 24.1 Å². The molecule has 2 rings (SSSR count). The summed E-state index contributed by atoms with van der Waals surface area (Å²) in [5.41, 5.74) is 1.08. The monoisotopic (exact) mass is 346 g/mol. The third-order valence-corrected chi connectivity index (χ3v) is 6.13. The van der Waals surface area contributed by atoms with Crippen LogP contribution in [0.25, 0.3) is 0 Å². The highest BCUT2D eigenvalue weighted by atomic mass is 79.9. The van der Waals surface area contributed by atoms with Crippen LogP contribution in [0.3, 0.4) is 0 Å². The Hall–Kier alpha value is -0.430. The van der Waals surface area contributed by atoms with Crippen LogP contribution in [0.5, 0.6) is 0 Å². The fourth-order valence-corrected chi connectivity index (χ4v) is 4.80. The van der Waals surface area contributed by atoms with E-state index in [2.05, 4.69) is 21.2 Å². The maximum Gasteiger partial charge on any atom is 0.244 e. The van der Waals surface area contributed by atoms with Gasteiger partial charge in [-0.2, -0.15) is 4.31 Å². The van der Waals surface area contributed by atoms with Gasteiger partial charge in [-0.25, -0.2) is 8.42 Å². The minimum Gasteiger partial charge on any atom is -0.313 e. The molecule has 0 radical (unpaired) electrons. The van der Waals surface area contributed by atoms with Gasteiger partial charge in [-0.3, -0.25) is 0 Å². The second-order valence-electron chi connectivity index (χ2n) is 4.66. The van der Waals surface area contributed by atoms with Gasteiger partial charge in [0.05, 0.1) is 4.90 Å². The van der Waals surface area contributed by atoms with Gasteiger partial charge in [-0.15, -0.1) is 0 Å². The number of hydrogen-bond donors (Lipinski definition) is 1. The molecule has 1 aromatic rings. The van der Waals surface area contributed by atoms with E-state index in [-0.39, 0.29) is 0 Å². The zero-order valence-corrected chi connectivity index (χ0v) is 13.4. The first kappa shape index (κ1) is 15.0. The molecule has 1 aliphatic heterocycles. The number of nitrogens with one attached hydrogen (secondary N) is 1. The summed E-state index contributed by atoms with van der Waals surface area (Å²) in [7, 11) is -3.34. The van der Waals surface area contributed by atoms with Crippen LogP contribution in [-0.4, -0.2) is 32.4 Å². The van der Waals surface area contributed by atoms with Crippen LogP contribution in [0.2, 0.25) is 0 Å². The molecular formula is C13H19BrN2O2S. The van der Waals surface area contributed by atoms with E-state index < -0.39 is 10.0 Å². The Kier molecular flexibility index (Phi) is 5.00. The van der Waals surface area contributed by atoms with Gasteiger partial charge >= 0.3 is 0 Å². The van der Waals surface area contributed by atoms with Gasteiger partial charge in [-0.05, 0) is 53.0 Å². The maximum absolute atomic E-state index is 12.5. The number of nitrogens with zero attached hydrogens (tertiary/aromatic N) is 1. The number of rotatable bonds is 5. The van der Waals surface area contributed by atoms with Crippen molar-refractivity contribution in [2.45, 2.75) is 31.2 Å². The van der Waals surface area contributed by atoms with Crippen molar-refractivity contribution in [3.8, 4) is 0 Å². The summed E-state index contributed by atoms with van der Waals surface area (Å²) < 4.78 is 27.1. The molecule has 1 aromatic carbocycles. The lowest BCUT2D eigenvalue weighted by Gasteiger charge is -2.17. The molecule has 0 bridgehead atoms. The van der Waals surface area contributed by atoms with Crippen molar-refractivity contribution in [3.63, 3.8) is 0 Å². The molecule has 19 heavy (non-hydrogen) atoms. The Morgan fingerprint density at radius 2 is 2.00 bits per heavy atom.